The molecule has 1 aromatic rings. The summed E-state index contributed by atoms with van der Waals surface area (Å²) < 4.78 is 23.3. The number of anilines is 2. The van der Waals surface area contributed by atoms with Crippen LogP contribution in [0.3, 0.4) is 0 Å². The van der Waals surface area contributed by atoms with Crippen LogP contribution >= 0.6 is 0 Å². The zero-order valence-corrected chi connectivity index (χ0v) is 11.2. The molecule has 0 saturated carbocycles. The van der Waals surface area contributed by atoms with Crippen molar-refractivity contribution < 1.29 is 8.42 Å². The van der Waals surface area contributed by atoms with E-state index in [0.717, 1.165) is 19.4 Å². The summed E-state index contributed by atoms with van der Waals surface area (Å²) in [5.74, 6) is 1.52. The minimum absolute atomic E-state index is 0.282. The van der Waals surface area contributed by atoms with Crippen LogP contribution in [0.5, 0.6) is 0 Å². The van der Waals surface area contributed by atoms with Crippen molar-refractivity contribution in [2.45, 2.75) is 25.0 Å². The van der Waals surface area contributed by atoms with E-state index >= 15 is 0 Å². The number of aromatic nitrogens is 2. The van der Waals surface area contributed by atoms with E-state index in [2.05, 4.69) is 20.6 Å². The molecule has 1 fully saturated rings. The van der Waals surface area contributed by atoms with Crippen LogP contribution in [0.15, 0.2) is 12.3 Å². The van der Waals surface area contributed by atoms with Gasteiger partial charge >= 0.3 is 0 Å². The third-order valence-electron chi connectivity index (χ3n) is 2.96. The van der Waals surface area contributed by atoms with Crippen molar-refractivity contribution in [3.63, 3.8) is 0 Å². The molecule has 1 aromatic heterocycles. The highest BCUT2D eigenvalue weighted by Gasteiger charge is 2.30. The van der Waals surface area contributed by atoms with Crippen LogP contribution in [0, 0.1) is 0 Å². The average Bonchev–Trinajstić information content (AvgIpc) is 2.67. The number of nitrogens with zero attached hydrogens (tertiary/aromatic N) is 2. The van der Waals surface area contributed by atoms with E-state index in [1.165, 1.54) is 0 Å². The Morgan fingerprint density at radius 3 is 2.94 bits per heavy atom. The fourth-order valence-electron chi connectivity index (χ4n) is 2.01. The third-order valence-corrected chi connectivity index (χ3v) is 5.24. The lowest BCUT2D eigenvalue weighted by molar-refractivity contribution is 0.591. The Bertz CT molecular complexity index is 504. The second-order valence-corrected chi connectivity index (χ2v) is 6.71. The first-order chi connectivity index (χ1) is 8.62. The molecule has 1 aliphatic heterocycles. The Labute approximate surface area is 107 Å². The van der Waals surface area contributed by atoms with E-state index < -0.39 is 9.84 Å². The lowest BCUT2D eigenvalue weighted by Crippen LogP contribution is -2.25. The van der Waals surface area contributed by atoms with Gasteiger partial charge in [-0.15, -0.1) is 0 Å². The second-order valence-electron chi connectivity index (χ2n) is 4.31. The van der Waals surface area contributed by atoms with Crippen LogP contribution in [0.2, 0.25) is 0 Å². The summed E-state index contributed by atoms with van der Waals surface area (Å²) >= 11 is 0. The second kappa shape index (κ2) is 5.51. The summed E-state index contributed by atoms with van der Waals surface area (Å²) in [6.45, 7) is 3.14. The summed E-state index contributed by atoms with van der Waals surface area (Å²) in [5, 5.41) is 5.80. The van der Waals surface area contributed by atoms with Crippen molar-refractivity contribution >= 4 is 21.6 Å². The smallest absolute Gasteiger partial charge is 0.224 e. The SMILES string of the molecule is CCNc1nccc(NCC2CCCS2(=O)=O)n1. The molecule has 0 aliphatic carbocycles. The van der Waals surface area contributed by atoms with Gasteiger partial charge in [0.2, 0.25) is 5.95 Å². The molecule has 1 saturated heterocycles. The fourth-order valence-corrected chi connectivity index (χ4v) is 3.77. The maximum atomic E-state index is 11.7. The number of hydrogen-bond donors (Lipinski definition) is 2. The molecular formula is C11H18N4O2S. The summed E-state index contributed by atoms with van der Waals surface area (Å²) in [4.78, 5) is 8.30. The van der Waals surface area contributed by atoms with E-state index in [0.29, 0.717) is 24.1 Å². The van der Waals surface area contributed by atoms with Gasteiger partial charge in [-0.1, -0.05) is 0 Å². The minimum atomic E-state index is -2.90. The molecule has 0 spiro atoms. The summed E-state index contributed by atoms with van der Waals surface area (Å²) in [5.41, 5.74) is 0. The molecule has 2 N–H and O–H groups in total. The Morgan fingerprint density at radius 2 is 2.28 bits per heavy atom. The molecule has 18 heavy (non-hydrogen) atoms. The highest BCUT2D eigenvalue weighted by atomic mass is 32.2. The molecule has 100 valence electrons. The third kappa shape index (κ3) is 3.10. The van der Waals surface area contributed by atoms with Gasteiger partial charge in [-0.05, 0) is 25.8 Å². The standard InChI is InChI=1S/C11H18N4O2S/c1-2-12-11-13-6-5-10(15-11)14-8-9-4-3-7-18(9,16)17/h5-6,9H,2-4,7-8H2,1H3,(H2,12,13,14,15). The topological polar surface area (TPSA) is 84.0 Å². The first kappa shape index (κ1) is 13.1. The zero-order chi connectivity index (χ0) is 13.0. The number of hydrogen-bond acceptors (Lipinski definition) is 6. The van der Waals surface area contributed by atoms with Crippen LogP contribution in [0.1, 0.15) is 19.8 Å². The highest BCUT2D eigenvalue weighted by molar-refractivity contribution is 7.92. The van der Waals surface area contributed by atoms with E-state index in [1.807, 2.05) is 6.92 Å². The lowest BCUT2D eigenvalue weighted by Gasteiger charge is -2.11. The van der Waals surface area contributed by atoms with Crippen molar-refractivity contribution in [2.75, 3.05) is 29.5 Å². The number of nitrogens with one attached hydrogen (secondary N) is 2. The predicted octanol–water partition coefficient (Wildman–Crippen LogP) is 0.897. The molecule has 0 amide bonds. The van der Waals surface area contributed by atoms with E-state index in [4.69, 9.17) is 0 Å². The molecule has 0 bridgehead atoms. The van der Waals surface area contributed by atoms with Crippen LogP contribution in [-0.2, 0) is 9.84 Å². The quantitative estimate of drug-likeness (QED) is 0.827. The molecule has 7 heteroatoms. The lowest BCUT2D eigenvalue weighted by atomic mass is 10.2. The van der Waals surface area contributed by atoms with E-state index in [-0.39, 0.29) is 5.25 Å². The Hall–Kier alpha value is -1.37. The van der Waals surface area contributed by atoms with Gasteiger partial charge in [0.15, 0.2) is 9.84 Å². The first-order valence-corrected chi connectivity index (χ1v) is 7.85. The van der Waals surface area contributed by atoms with Crippen molar-refractivity contribution in [1.82, 2.24) is 9.97 Å². The van der Waals surface area contributed by atoms with Crippen LogP contribution in [0.25, 0.3) is 0 Å². The van der Waals surface area contributed by atoms with Gasteiger partial charge in [0.1, 0.15) is 5.82 Å². The Balaban J connectivity index is 1.96. The Kier molecular flexibility index (Phi) is 4.00. The van der Waals surface area contributed by atoms with Crippen LogP contribution < -0.4 is 10.6 Å². The normalized spacial score (nSPS) is 21.7. The molecule has 2 rings (SSSR count). The van der Waals surface area contributed by atoms with Crippen LogP contribution in [0.4, 0.5) is 11.8 Å². The average molecular weight is 270 g/mol. The highest BCUT2D eigenvalue weighted by Crippen LogP contribution is 2.20. The summed E-state index contributed by atoms with van der Waals surface area (Å²) in [6.07, 6.45) is 3.15. The molecule has 1 atom stereocenters. The number of sulfone groups is 1. The first-order valence-electron chi connectivity index (χ1n) is 6.14. The van der Waals surface area contributed by atoms with E-state index in [1.54, 1.807) is 12.3 Å². The van der Waals surface area contributed by atoms with Gasteiger partial charge in [-0.25, -0.2) is 13.4 Å². The molecule has 2 heterocycles. The summed E-state index contributed by atoms with van der Waals surface area (Å²) in [6, 6.07) is 1.74. The predicted molar refractivity (Wildman–Crippen MR) is 71.5 cm³/mol. The minimum Gasteiger partial charge on any atom is -0.369 e. The van der Waals surface area contributed by atoms with Gasteiger partial charge in [0, 0.05) is 19.3 Å². The molecular weight excluding hydrogens is 252 g/mol. The zero-order valence-electron chi connectivity index (χ0n) is 10.4. The van der Waals surface area contributed by atoms with Gasteiger partial charge in [0.25, 0.3) is 0 Å². The van der Waals surface area contributed by atoms with E-state index in [9.17, 15) is 8.42 Å². The van der Waals surface area contributed by atoms with Gasteiger partial charge in [-0.2, -0.15) is 4.98 Å². The number of rotatable bonds is 5. The van der Waals surface area contributed by atoms with Crippen LogP contribution in [-0.4, -0.2) is 42.5 Å². The van der Waals surface area contributed by atoms with Gasteiger partial charge < -0.3 is 10.6 Å². The van der Waals surface area contributed by atoms with Gasteiger partial charge in [0.05, 0.1) is 11.0 Å². The maximum Gasteiger partial charge on any atom is 0.224 e. The fraction of sp³-hybridized carbons (Fsp3) is 0.636. The molecule has 0 aromatic carbocycles. The molecule has 1 aliphatic rings. The van der Waals surface area contributed by atoms with Crippen molar-refractivity contribution in [3.8, 4) is 0 Å². The molecule has 6 nitrogen and oxygen atoms in total. The monoisotopic (exact) mass is 270 g/mol. The maximum absolute atomic E-state index is 11.7. The van der Waals surface area contributed by atoms with Gasteiger partial charge in [-0.3, -0.25) is 0 Å². The van der Waals surface area contributed by atoms with Crippen molar-refractivity contribution in [1.29, 1.82) is 0 Å². The Morgan fingerprint density at radius 1 is 1.44 bits per heavy atom. The van der Waals surface area contributed by atoms with Crippen molar-refractivity contribution in [2.24, 2.45) is 0 Å². The largest absolute Gasteiger partial charge is 0.369 e. The summed E-state index contributed by atoms with van der Waals surface area (Å²) in [7, 11) is -2.90. The molecule has 0 radical (unpaired) electrons. The van der Waals surface area contributed by atoms with Crippen molar-refractivity contribution in [3.05, 3.63) is 12.3 Å². The molecule has 1 unspecified atom stereocenters.